The highest BCUT2D eigenvalue weighted by molar-refractivity contribution is 5.27. The van der Waals surface area contributed by atoms with Crippen LogP contribution in [0.25, 0.3) is 0 Å². The summed E-state index contributed by atoms with van der Waals surface area (Å²) in [7, 11) is 4.08. The molecule has 0 radical (unpaired) electrons. The second-order valence-electron chi connectivity index (χ2n) is 4.98. The van der Waals surface area contributed by atoms with Gasteiger partial charge in [-0.3, -0.25) is 0 Å². The number of nitrogens with zero attached hydrogens (tertiary/aromatic N) is 1. The Labute approximate surface area is 120 Å². The minimum atomic E-state index is 0.711. The Hall–Kier alpha value is -1.78. The lowest BCUT2D eigenvalue weighted by atomic mass is 10.2. The van der Waals surface area contributed by atoms with E-state index in [1.807, 2.05) is 38.4 Å². The summed E-state index contributed by atoms with van der Waals surface area (Å²) in [6.45, 7) is 3.20. The van der Waals surface area contributed by atoms with Gasteiger partial charge in [-0.05, 0) is 43.9 Å². The van der Waals surface area contributed by atoms with E-state index in [1.54, 1.807) is 6.26 Å². The Morgan fingerprint density at radius 3 is 2.55 bits per heavy atom. The van der Waals surface area contributed by atoms with Crippen molar-refractivity contribution >= 4 is 0 Å². The maximum absolute atomic E-state index is 5.66. The first-order valence-corrected chi connectivity index (χ1v) is 6.83. The Morgan fingerprint density at radius 1 is 1.10 bits per heavy atom. The van der Waals surface area contributed by atoms with Gasteiger partial charge < -0.3 is 19.4 Å². The Bertz CT molecular complexity index is 478. The third-order valence-electron chi connectivity index (χ3n) is 2.94. The molecule has 0 atom stereocenters. The zero-order valence-electron chi connectivity index (χ0n) is 12.1. The quantitative estimate of drug-likeness (QED) is 0.802. The fourth-order valence-electron chi connectivity index (χ4n) is 1.79. The van der Waals surface area contributed by atoms with Crippen molar-refractivity contribution in [3.8, 4) is 5.75 Å². The van der Waals surface area contributed by atoms with Crippen molar-refractivity contribution in [3.63, 3.8) is 0 Å². The molecule has 4 heteroatoms. The maximum atomic E-state index is 5.66. The highest BCUT2D eigenvalue weighted by atomic mass is 16.5. The molecule has 0 aliphatic carbocycles. The van der Waals surface area contributed by atoms with Gasteiger partial charge in [-0.2, -0.15) is 0 Å². The van der Waals surface area contributed by atoms with Crippen LogP contribution in [0.3, 0.4) is 0 Å². The zero-order valence-corrected chi connectivity index (χ0v) is 12.1. The maximum Gasteiger partial charge on any atom is 0.119 e. The monoisotopic (exact) mass is 274 g/mol. The molecular weight excluding hydrogens is 252 g/mol. The second kappa shape index (κ2) is 7.72. The molecule has 20 heavy (non-hydrogen) atoms. The lowest BCUT2D eigenvalue weighted by Crippen LogP contribution is -2.19. The van der Waals surface area contributed by atoms with Crippen LogP contribution in [-0.2, 0) is 13.1 Å². The molecule has 0 saturated carbocycles. The first-order valence-electron chi connectivity index (χ1n) is 6.83. The summed E-state index contributed by atoms with van der Waals surface area (Å²) >= 11 is 0. The molecule has 1 aromatic heterocycles. The van der Waals surface area contributed by atoms with Gasteiger partial charge in [0.25, 0.3) is 0 Å². The predicted octanol–water partition coefficient (Wildman–Crippen LogP) is 2.51. The largest absolute Gasteiger partial charge is 0.492 e. The lowest BCUT2D eigenvalue weighted by Gasteiger charge is -2.11. The van der Waals surface area contributed by atoms with Crippen molar-refractivity contribution in [2.24, 2.45) is 0 Å². The number of rotatable bonds is 8. The standard InChI is InChI=1S/C16H22N2O2/c1-18(2)9-11-20-15-7-5-14(6-8-15)12-17-13-16-4-3-10-19-16/h3-8,10,17H,9,11-13H2,1-2H3. The van der Waals surface area contributed by atoms with Gasteiger partial charge in [0.2, 0.25) is 0 Å². The van der Waals surface area contributed by atoms with Crippen LogP contribution in [0, 0.1) is 0 Å². The van der Waals surface area contributed by atoms with Crippen molar-refractivity contribution in [3.05, 3.63) is 54.0 Å². The topological polar surface area (TPSA) is 37.6 Å². The van der Waals surface area contributed by atoms with Crippen molar-refractivity contribution in [2.75, 3.05) is 27.2 Å². The van der Waals surface area contributed by atoms with E-state index in [0.717, 1.165) is 31.1 Å². The minimum absolute atomic E-state index is 0.711. The van der Waals surface area contributed by atoms with Crippen molar-refractivity contribution in [2.45, 2.75) is 13.1 Å². The van der Waals surface area contributed by atoms with Crippen LogP contribution in [-0.4, -0.2) is 32.1 Å². The molecule has 0 aliphatic heterocycles. The van der Waals surface area contributed by atoms with Crippen molar-refractivity contribution in [1.29, 1.82) is 0 Å². The van der Waals surface area contributed by atoms with E-state index < -0.39 is 0 Å². The molecule has 0 aliphatic rings. The smallest absolute Gasteiger partial charge is 0.119 e. The number of furan rings is 1. The minimum Gasteiger partial charge on any atom is -0.492 e. The van der Waals surface area contributed by atoms with E-state index in [2.05, 4.69) is 22.3 Å². The molecule has 4 nitrogen and oxygen atoms in total. The number of benzene rings is 1. The molecular formula is C16H22N2O2. The highest BCUT2D eigenvalue weighted by Crippen LogP contribution is 2.12. The fourth-order valence-corrected chi connectivity index (χ4v) is 1.79. The first-order chi connectivity index (χ1) is 9.74. The molecule has 2 aromatic rings. The summed E-state index contributed by atoms with van der Waals surface area (Å²) < 4.78 is 10.9. The normalized spacial score (nSPS) is 10.9. The summed E-state index contributed by atoms with van der Waals surface area (Å²) in [5, 5.41) is 3.34. The van der Waals surface area contributed by atoms with E-state index in [0.29, 0.717) is 6.61 Å². The van der Waals surface area contributed by atoms with Gasteiger partial charge in [0, 0.05) is 13.1 Å². The van der Waals surface area contributed by atoms with Crippen molar-refractivity contribution < 1.29 is 9.15 Å². The van der Waals surface area contributed by atoms with Gasteiger partial charge in [0.15, 0.2) is 0 Å². The van der Waals surface area contributed by atoms with Crippen LogP contribution in [0.1, 0.15) is 11.3 Å². The van der Waals surface area contributed by atoms with Gasteiger partial charge >= 0.3 is 0 Å². The third-order valence-corrected chi connectivity index (χ3v) is 2.94. The van der Waals surface area contributed by atoms with Crippen LogP contribution in [0.2, 0.25) is 0 Å². The SMILES string of the molecule is CN(C)CCOc1ccc(CNCc2ccco2)cc1. The molecule has 2 rings (SSSR count). The summed E-state index contributed by atoms with van der Waals surface area (Å²) in [6.07, 6.45) is 1.69. The Kier molecular flexibility index (Phi) is 5.65. The summed E-state index contributed by atoms with van der Waals surface area (Å²) in [5.74, 6) is 1.87. The first kappa shape index (κ1) is 14.6. The predicted molar refractivity (Wildman–Crippen MR) is 79.7 cm³/mol. The lowest BCUT2D eigenvalue weighted by molar-refractivity contribution is 0.261. The van der Waals surface area contributed by atoms with Crippen LogP contribution in [0.4, 0.5) is 0 Å². The van der Waals surface area contributed by atoms with Crippen LogP contribution >= 0.6 is 0 Å². The number of likely N-dealkylation sites (N-methyl/N-ethyl adjacent to an activating group) is 1. The summed E-state index contributed by atoms with van der Waals surface area (Å²) in [4.78, 5) is 2.10. The molecule has 0 fully saturated rings. The molecule has 0 spiro atoms. The number of hydrogen-bond donors (Lipinski definition) is 1. The van der Waals surface area contributed by atoms with Gasteiger partial charge in [-0.1, -0.05) is 12.1 Å². The van der Waals surface area contributed by atoms with Gasteiger partial charge in [0.1, 0.15) is 18.1 Å². The van der Waals surface area contributed by atoms with E-state index in [4.69, 9.17) is 9.15 Å². The second-order valence-corrected chi connectivity index (χ2v) is 4.98. The van der Waals surface area contributed by atoms with Gasteiger partial charge in [-0.25, -0.2) is 0 Å². The Morgan fingerprint density at radius 2 is 1.90 bits per heavy atom. The molecule has 0 bridgehead atoms. The highest BCUT2D eigenvalue weighted by Gasteiger charge is 1.98. The van der Waals surface area contributed by atoms with Crippen LogP contribution in [0.15, 0.2) is 47.1 Å². The fraction of sp³-hybridized carbons (Fsp3) is 0.375. The number of ether oxygens (including phenoxy) is 1. The van der Waals surface area contributed by atoms with Crippen LogP contribution < -0.4 is 10.1 Å². The molecule has 108 valence electrons. The average Bonchev–Trinajstić information content (AvgIpc) is 2.93. The van der Waals surface area contributed by atoms with E-state index in [-0.39, 0.29) is 0 Å². The van der Waals surface area contributed by atoms with Crippen molar-refractivity contribution in [1.82, 2.24) is 10.2 Å². The van der Waals surface area contributed by atoms with E-state index in [1.165, 1.54) is 5.56 Å². The van der Waals surface area contributed by atoms with Gasteiger partial charge in [-0.15, -0.1) is 0 Å². The third kappa shape index (κ3) is 5.07. The van der Waals surface area contributed by atoms with Crippen LogP contribution in [0.5, 0.6) is 5.75 Å². The average molecular weight is 274 g/mol. The summed E-state index contributed by atoms with van der Waals surface area (Å²) in [6, 6.07) is 12.1. The number of nitrogens with one attached hydrogen (secondary N) is 1. The molecule has 1 aromatic carbocycles. The van der Waals surface area contributed by atoms with E-state index >= 15 is 0 Å². The van der Waals surface area contributed by atoms with Gasteiger partial charge in [0.05, 0.1) is 12.8 Å². The molecule has 1 N–H and O–H groups in total. The zero-order chi connectivity index (χ0) is 14.2. The molecule has 0 saturated heterocycles. The number of hydrogen-bond acceptors (Lipinski definition) is 4. The van der Waals surface area contributed by atoms with E-state index in [9.17, 15) is 0 Å². The molecule has 1 heterocycles. The summed E-state index contributed by atoms with van der Waals surface area (Å²) in [5.41, 5.74) is 1.23. The molecule has 0 amide bonds. The molecule has 0 unspecified atom stereocenters. The Balaban J connectivity index is 1.71.